The number of allylic oxidation sites excluding steroid dienone is 5. The Bertz CT molecular complexity index is 1340. The van der Waals surface area contributed by atoms with E-state index in [1.807, 2.05) is 6.08 Å². The van der Waals surface area contributed by atoms with Gasteiger partial charge in [-0.3, -0.25) is 9.59 Å². The third-order valence-electron chi connectivity index (χ3n) is 17.7. The minimum atomic E-state index is -0.846. The molecule has 0 saturated carbocycles. The van der Waals surface area contributed by atoms with E-state index in [0.717, 1.165) is 44.9 Å². The lowest BCUT2D eigenvalue weighted by molar-refractivity contribution is -0.143. The Morgan fingerprint density at radius 1 is 0.337 bits per heavy atom. The van der Waals surface area contributed by atoms with Crippen LogP contribution in [0.1, 0.15) is 418 Å². The normalized spacial score (nSPS) is 12.7. The molecule has 83 heavy (non-hydrogen) atoms. The highest BCUT2D eigenvalue weighted by Gasteiger charge is 2.18. The number of unbranched alkanes of at least 4 members (excludes halogenated alkanes) is 56. The van der Waals surface area contributed by atoms with Gasteiger partial charge in [0.05, 0.1) is 25.4 Å². The van der Waals surface area contributed by atoms with Crippen molar-refractivity contribution in [3.63, 3.8) is 0 Å². The summed E-state index contributed by atoms with van der Waals surface area (Å²) in [5.74, 6) is -0.0496. The first-order chi connectivity index (χ1) is 41.0. The molecule has 0 aromatic rings. The van der Waals surface area contributed by atoms with Gasteiger partial charge in [-0.2, -0.15) is 0 Å². The summed E-state index contributed by atoms with van der Waals surface area (Å²) in [4.78, 5) is 24.6. The number of hydrogen-bond acceptors (Lipinski definition) is 5. The molecule has 1 amide bonds. The van der Waals surface area contributed by atoms with Gasteiger partial charge in [-0.25, -0.2) is 0 Å². The number of hydrogen-bond donors (Lipinski definition) is 3. The van der Waals surface area contributed by atoms with E-state index in [4.69, 9.17) is 4.74 Å². The van der Waals surface area contributed by atoms with E-state index in [2.05, 4.69) is 43.5 Å². The van der Waals surface area contributed by atoms with Crippen molar-refractivity contribution in [1.82, 2.24) is 5.32 Å². The fourth-order valence-corrected chi connectivity index (χ4v) is 11.9. The molecule has 0 heterocycles. The molecule has 6 heteroatoms. The van der Waals surface area contributed by atoms with Crippen molar-refractivity contribution in [1.29, 1.82) is 0 Å². The highest BCUT2D eigenvalue weighted by molar-refractivity contribution is 5.76. The molecule has 0 rings (SSSR count). The highest BCUT2D eigenvalue weighted by Crippen LogP contribution is 2.19. The van der Waals surface area contributed by atoms with Crippen LogP contribution in [0.4, 0.5) is 0 Å². The van der Waals surface area contributed by atoms with Crippen molar-refractivity contribution in [2.24, 2.45) is 0 Å². The van der Waals surface area contributed by atoms with E-state index >= 15 is 0 Å². The summed E-state index contributed by atoms with van der Waals surface area (Å²) < 4.78 is 5.47. The average molecular weight is 1170 g/mol. The average Bonchev–Trinajstić information content (AvgIpc) is 3.50. The Hall–Kier alpha value is -1.92. The van der Waals surface area contributed by atoms with Crippen molar-refractivity contribution in [3.8, 4) is 0 Å². The van der Waals surface area contributed by atoms with Crippen molar-refractivity contribution < 1.29 is 24.5 Å². The van der Waals surface area contributed by atoms with Crippen LogP contribution in [-0.4, -0.2) is 47.4 Å². The van der Waals surface area contributed by atoms with Crippen LogP contribution in [0, 0.1) is 0 Å². The van der Waals surface area contributed by atoms with Gasteiger partial charge in [0.15, 0.2) is 0 Å². The summed E-state index contributed by atoms with van der Waals surface area (Å²) in [6, 6.07) is -0.629. The topological polar surface area (TPSA) is 95.9 Å². The Morgan fingerprint density at radius 2 is 0.602 bits per heavy atom. The number of carbonyl (C=O) groups excluding carboxylic acids is 2. The van der Waals surface area contributed by atoms with Crippen molar-refractivity contribution in [3.05, 3.63) is 36.5 Å². The summed E-state index contributed by atoms with van der Waals surface area (Å²) in [6.45, 7) is 4.94. The van der Waals surface area contributed by atoms with Crippen molar-refractivity contribution in [2.45, 2.75) is 431 Å². The molecule has 0 aliphatic rings. The molecule has 0 aromatic carbocycles. The zero-order valence-corrected chi connectivity index (χ0v) is 56.2. The van der Waals surface area contributed by atoms with Gasteiger partial charge < -0.3 is 20.3 Å². The molecular weight excluding hydrogens is 1020 g/mol. The third kappa shape index (κ3) is 69.1. The number of carbonyl (C=O) groups is 2. The maximum absolute atomic E-state index is 12.5. The Labute approximate surface area is 519 Å². The maximum atomic E-state index is 12.5. The van der Waals surface area contributed by atoms with Crippen LogP contribution < -0.4 is 5.32 Å². The number of esters is 1. The van der Waals surface area contributed by atoms with Gasteiger partial charge in [0.25, 0.3) is 0 Å². The second kappa shape index (κ2) is 72.6. The minimum absolute atomic E-state index is 0.0131. The predicted octanol–water partition coefficient (Wildman–Crippen LogP) is 24.7. The fourth-order valence-electron chi connectivity index (χ4n) is 11.9. The lowest BCUT2D eigenvalue weighted by Crippen LogP contribution is -2.45. The zero-order valence-electron chi connectivity index (χ0n) is 56.2. The number of rotatable bonds is 71. The molecule has 2 atom stereocenters. The molecular formula is C77H147NO5. The molecule has 490 valence electrons. The largest absolute Gasteiger partial charge is 0.466 e. The molecule has 0 spiro atoms. The molecule has 0 saturated heterocycles. The lowest BCUT2D eigenvalue weighted by Gasteiger charge is -2.20. The summed E-state index contributed by atoms with van der Waals surface area (Å²) in [5, 5.41) is 23.3. The fraction of sp³-hybridized carbons (Fsp3) is 0.896. The Kier molecular flexibility index (Phi) is 70.9. The molecule has 2 unspecified atom stereocenters. The van der Waals surface area contributed by atoms with Crippen LogP contribution >= 0.6 is 0 Å². The van der Waals surface area contributed by atoms with Crippen molar-refractivity contribution >= 4 is 11.9 Å². The molecule has 0 aliphatic heterocycles. The molecule has 0 fully saturated rings. The first kappa shape index (κ1) is 81.1. The smallest absolute Gasteiger partial charge is 0.305 e. The monoisotopic (exact) mass is 1170 g/mol. The van der Waals surface area contributed by atoms with E-state index in [9.17, 15) is 19.8 Å². The number of ether oxygens (including phenoxy) is 1. The molecule has 0 radical (unpaired) electrons. The number of amides is 1. The van der Waals surface area contributed by atoms with Crippen LogP contribution in [0.15, 0.2) is 36.5 Å². The zero-order chi connectivity index (χ0) is 59.9. The quantitative estimate of drug-likeness (QED) is 0.0320. The summed E-state index contributed by atoms with van der Waals surface area (Å²) in [6.07, 6.45) is 93.9. The standard InChI is InChI=1S/C77H147NO5/c1-3-5-7-9-11-13-15-16-17-18-19-20-21-31-34-37-40-43-46-50-53-57-61-65-69-75(80)74(73-79)78-76(81)70-66-62-58-54-51-47-44-41-38-35-32-29-27-25-23-22-24-26-28-30-33-36-39-42-45-48-52-56-60-64-68-72-83-77(82)71-67-63-59-55-49-14-12-10-8-6-4-2/h24,26,30,33,65,69,74-75,79-80H,3-23,25,27-29,31-32,34-64,66-68,70-73H2,1-2H3,(H,78,81)/b26-24-,33-30-,69-65+. The van der Waals surface area contributed by atoms with Gasteiger partial charge in [0, 0.05) is 12.8 Å². The third-order valence-corrected chi connectivity index (χ3v) is 17.7. The predicted molar refractivity (Wildman–Crippen MR) is 366 cm³/mol. The van der Waals surface area contributed by atoms with Gasteiger partial charge in [-0.05, 0) is 64.2 Å². The van der Waals surface area contributed by atoms with Gasteiger partial charge in [-0.15, -0.1) is 0 Å². The van der Waals surface area contributed by atoms with E-state index in [1.165, 1.54) is 347 Å². The Balaban J connectivity index is 3.42. The van der Waals surface area contributed by atoms with Crippen LogP contribution in [0.25, 0.3) is 0 Å². The molecule has 3 N–H and O–H groups in total. The van der Waals surface area contributed by atoms with Crippen LogP contribution in [0.3, 0.4) is 0 Å². The lowest BCUT2D eigenvalue weighted by atomic mass is 10.0. The van der Waals surface area contributed by atoms with Crippen LogP contribution in [0.5, 0.6) is 0 Å². The van der Waals surface area contributed by atoms with Gasteiger partial charge >= 0.3 is 5.97 Å². The van der Waals surface area contributed by atoms with E-state index in [-0.39, 0.29) is 18.5 Å². The van der Waals surface area contributed by atoms with Gasteiger partial charge in [0.1, 0.15) is 0 Å². The minimum Gasteiger partial charge on any atom is -0.466 e. The van der Waals surface area contributed by atoms with Gasteiger partial charge in [0.2, 0.25) is 5.91 Å². The number of aliphatic hydroxyl groups excluding tert-OH is 2. The number of aliphatic hydroxyl groups is 2. The summed E-state index contributed by atoms with van der Waals surface area (Å²) in [7, 11) is 0. The summed E-state index contributed by atoms with van der Waals surface area (Å²) >= 11 is 0. The number of nitrogens with one attached hydrogen (secondary N) is 1. The first-order valence-electron chi connectivity index (χ1n) is 37.8. The first-order valence-corrected chi connectivity index (χ1v) is 37.8. The van der Waals surface area contributed by atoms with E-state index in [0.29, 0.717) is 19.4 Å². The SMILES string of the molecule is CCCCCCCCCCCCCCCCCCCCCCCC/C=C/C(O)C(CO)NC(=O)CCCCCCCCCCCCCCCCC/C=C\C/C=C\CCCCCCCCCCCOC(=O)CCCCCCCCCCCCC. The van der Waals surface area contributed by atoms with Crippen LogP contribution in [-0.2, 0) is 14.3 Å². The highest BCUT2D eigenvalue weighted by atomic mass is 16.5. The van der Waals surface area contributed by atoms with Crippen LogP contribution in [0.2, 0.25) is 0 Å². The van der Waals surface area contributed by atoms with E-state index in [1.54, 1.807) is 6.08 Å². The molecule has 0 bridgehead atoms. The molecule has 0 aromatic heterocycles. The molecule has 6 nitrogen and oxygen atoms in total. The second-order valence-electron chi connectivity index (χ2n) is 26.0. The van der Waals surface area contributed by atoms with Crippen molar-refractivity contribution in [2.75, 3.05) is 13.2 Å². The van der Waals surface area contributed by atoms with Gasteiger partial charge in [-0.1, -0.05) is 378 Å². The summed E-state index contributed by atoms with van der Waals surface area (Å²) in [5.41, 5.74) is 0. The molecule has 0 aliphatic carbocycles. The second-order valence-corrected chi connectivity index (χ2v) is 26.0. The maximum Gasteiger partial charge on any atom is 0.305 e. The Morgan fingerprint density at radius 3 is 0.916 bits per heavy atom. The van der Waals surface area contributed by atoms with E-state index < -0.39 is 12.1 Å².